The molecule has 1 aromatic carbocycles. The van der Waals surface area contributed by atoms with Crippen LogP contribution in [-0.2, 0) is 17.9 Å². The molecular formula is C19H20Cl2N6O3. The molecule has 0 fully saturated rings. The molecule has 0 radical (unpaired) electrons. The van der Waals surface area contributed by atoms with Crippen LogP contribution in [0.3, 0.4) is 0 Å². The molecule has 158 valence electrons. The first kappa shape index (κ1) is 21.8. The summed E-state index contributed by atoms with van der Waals surface area (Å²) < 4.78 is 3.22. The van der Waals surface area contributed by atoms with E-state index in [0.29, 0.717) is 33.8 Å². The fourth-order valence-electron chi connectivity index (χ4n) is 3.12. The average Bonchev–Trinajstić information content (AvgIpc) is 3.14. The van der Waals surface area contributed by atoms with Gasteiger partial charge < -0.3 is 5.32 Å². The van der Waals surface area contributed by atoms with Crippen molar-refractivity contribution < 1.29 is 9.72 Å². The van der Waals surface area contributed by atoms with Crippen LogP contribution in [0, 0.1) is 30.9 Å². The minimum absolute atomic E-state index is 0.0212. The third kappa shape index (κ3) is 4.80. The van der Waals surface area contributed by atoms with Gasteiger partial charge in [0, 0.05) is 18.2 Å². The molecule has 2 aromatic heterocycles. The van der Waals surface area contributed by atoms with Crippen molar-refractivity contribution in [2.75, 3.05) is 5.32 Å². The molecule has 0 aliphatic heterocycles. The Balaban J connectivity index is 1.62. The lowest BCUT2D eigenvalue weighted by atomic mass is 10.2. The van der Waals surface area contributed by atoms with E-state index in [2.05, 4.69) is 15.5 Å². The van der Waals surface area contributed by atoms with Gasteiger partial charge in [-0.3, -0.25) is 24.3 Å². The summed E-state index contributed by atoms with van der Waals surface area (Å²) in [6.45, 7) is 5.79. The first-order valence-corrected chi connectivity index (χ1v) is 9.88. The van der Waals surface area contributed by atoms with Gasteiger partial charge in [0.15, 0.2) is 5.82 Å². The summed E-state index contributed by atoms with van der Waals surface area (Å²) in [6, 6.07) is 7.13. The van der Waals surface area contributed by atoms with E-state index in [0.717, 1.165) is 11.3 Å². The van der Waals surface area contributed by atoms with E-state index in [9.17, 15) is 14.9 Å². The standard InChI is InChI=1S/C19H20Cl2N6O3/c1-11-8-17(24-26(11)10-14-4-5-15(20)16(21)9-14)22-18(28)6-7-25-13(3)19(27(29)30)12(2)23-25/h4-5,8-9H,6-7,10H2,1-3H3,(H,22,24,28). The molecule has 0 aliphatic rings. The number of halogens is 2. The Morgan fingerprint density at radius 3 is 2.50 bits per heavy atom. The summed E-state index contributed by atoms with van der Waals surface area (Å²) in [5.74, 6) is 0.168. The monoisotopic (exact) mass is 450 g/mol. The number of carbonyl (C=O) groups is 1. The number of hydrogen-bond acceptors (Lipinski definition) is 5. The molecule has 1 N–H and O–H groups in total. The fraction of sp³-hybridized carbons (Fsp3) is 0.316. The molecule has 0 saturated heterocycles. The summed E-state index contributed by atoms with van der Waals surface area (Å²) in [7, 11) is 0. The van der Waals surface area contributed by atoms with Gasteiger partial charge in [0.25, 0.3) is 0 Å². The average molecular weight is 451 g/mol. The van der Waals surface area contributed by atoms with Gasteiger partial charge in [-0.1, -0.05) is 29.3 Å². The molecule has 0 saturated carbocycles. The van der Waals surface area contributed by atoms with E-state index in [4.69, 9.17) is 23.2 Å². The number of benzene rings is 1. The normalized spacial score (nSPS) is 11.0. The minimum Gasteiger partial charge on any atom is -0.309 e. The number of aryl methyl sites for hydroxylation is 3. The van der Waals surface area contributed by atoms with Crippen LogP contribution in [0.2, 0.25) is 10.0 Å². The lowest BCUT2D eigenvalue weighted by molar-refractivity contribution is -0.386. The quantitative estimate of drug-likeness (QED) is 0.426. The van der Waals surface area contributed by atoms with Crippen LogP contribution in [0.5, 0.6) is 0 Å². The molecule has 3 aromatic rings. The van der Waals surface area contributed by atoms with E-state index in [1.165, 1.54) is 4.68 Å². The zero-order chi connectivity index (χ0) is 22.0. The second-order valence-corrected chi connectivity index (χ2v) is 7.69. The molecule has 1 amide bonds. The number of nitrogens with one attached hydrogen (secondary N) is 1. The maximum Gasteiger partial charge on any atom is 0.312 e. The molecule has 9 nitrogen and oxygen atoms in total. The van der Waals surface area contributed by atoms with Gasteiger partial charge in [0.05, 0.1) is 28.1 Å². The van der Waals surface area contributed by atoms with E-state index < -0.39 is 4.92 Å². The largest absolute Gasteiger partial charge is 0.312 e. The second-order valence-electron chi connectivity index (χ2n) is 6.87. The highest BCUT2D eigenvalue weighted by Crippen LogP contribution is 2.24. The van der Waals surface area contributed by atoms with E-state index >= 15 is 0 Å². The molecule has 30 heavy (non-hydrogen) atoms. The van der Waals surface area contributed by atoms with Crippen LogP contribution in [0.1, 0.15) is 29.1 Å². The van der Waals surface area contributed by atoms with Crippen LogP contribution in [0.25, 0.3) is 0 Å². The van der Waals surface area contributed by atoms with Gasteiger partial charge in [0.2, 0.25) is 5.91 Å². The summed E-state index contributed by atoms with van der Waals surface area (Å²) >= 11 is 12.0. The molecular weight excluding hydrogens is 431 g/mol. The van der Waals surface area contributed by atoms with Crippen LogP contribution in [-0.4, -0.2) is 30.4 Å². The lowest BCUT2D eigenvalue weighted by Crippen LogP contribution is -2.16. The van der Waals surface area contributed by atoms with Gasteiger partial charge in [-0.25, -0.2) is 0 Å². The van der Waals surface area contributed by atoms with Crippen molar-refractivity contribution in [1.29, 1.82) is 0 Å². The maximum atomic E-state index is 12.3. The first-order chi connectivity index (χ1) is 14.2. The fourth-order valence-corrected chi connectivity index (χ4v) is 3.45. The Bertz CT molecular complexity index is 1120. The smallest absolute Gasteiger partial charge is 0.309 e. The van der Waals surface area contributed by atoms with Crippen molar-refractivity contribution in [3.05, 3.63) is 67.1 Å². The van der Waals surface area contributed by atoms with Crippen molar-refractivity contribution in [3.63, 3.8) is 0 Å². The highest BCUT2D eigenvalue weighted by atomic mass is 35.5. The number of nitro groups is 1. The minimum atomic E-state index is -0.461. The zero-order valence-corrected chi connectivity index (χ0v) is 18.2. The summed E-state index contributed by atoms with van der Waals surface area (Å²) in [5, 5.41) is 23.3. The number of aromatic nitrogens is 4. The van der Waals surface area contributed by atoms with Gasteiger partial charge in [-0.15, -0.1) is 0 Å². The van der Waals surface area contributed by atoms with E-state index in [-0.39, 0.29) is 24.6 Å². The number of anilines is 1. The first-order valence-electron chi connectivity index (χ1n) is 9.12. The van der Waals surface area contributed by atoms with Gasteiger partial charge in [0.1, 0.15) is 11.4 Å². The SMILES string of the molecule is Cc1nn(CCC(=O)Nc2cc(C)n(Cc3ccc(Cl)c(Cl)c3)n2)c(C)c1[N+](=O)[O-]. The zero-order valence-electron chi connectivity index (χ0n) is 16.6. The molecule has 3 rings (SSSR count). The topological polar surface area (TPSA) is 108 Å². The van der Waals surface area contributed by atoms with Crippen LogP contribution in [0.15, 0.2) is 24.3 Å². The van der Waals surface area contributed by atoms with Crippen LogP contribution < -0.4 is 5.32 Å². The third-order valence-electron chi connectivity index (χ3n) is 4.64. The predicted octanol–water partition coefficient (Wildman–Crippen LogP) is 4.30. The predicted molar refractivity (Wildman–Crippen MR) is 114 cm³/mol. The van der Waals surface area contributed by atoms with Crippen molar-refractivity contribution in [3.8, 4) is 0 Å². The highest BCUT2D eigenvalue weighted by Gasteiger charge is 2.22. The number of hydrogen-bond donors (Lipinski definition) is 1. The van der Waals surface area contributed by atoms with Gasteiger partial charge in [-0.2, -0.15) is 10.2 Å². The van der Waals surface area contributed by atoms with Crippen LogP contribution in [0.4, 0.5) is 11.5 Å². The van der Waals surface area contributed by atoms with Gasteiger partial charge in [-0.05, 0) is 38.5 Å². The molecule has 11 heteroatoms. The molecule has 0 aliphatic carbocycles. The summed E-state index contributed by atoms with van der Waals surface area (Å²) in [6.07, 6.45) is 0.109. The Morgan fingerprint density at radius 2 is 1.87 bits per heavy atom. The summed E-state index contributed by atoms with van der Waals surface area (Å²) in [5.41, 5.74) is 2.53. The summed E-state index contributed by atoms with van der Waals surface area (Å²) in [4.78, 5) is 22.9. The van der Waals surface area contributed by atoms with E-state index in [1.54, 1.807) is 36.7 Å². The second kappa shape index (κ2) is 8.85. The van der Waals surface area contributed by atoms with Crippen molar-refractivity contribution >= 4 is 40.6 Å². The number of amides is 1. The number of rotatable bonds is 7. The van der Waals surface area contributed by atoms with E-state index in [1.807, 2.05) is 13.0 Å². The molecule has 0 unspecified atom stereocenters. The van der Waals surface area contributed by atoms with Crippen molar-refractivity contribution in [1.82, 2.24) is 19.6 Å². The lowest BCUT2D eigenvalue weighted by Gasteiger charge is -2.06. The van der Waals surface area contributed by atoms with Crippen molar-refractivity contribution in [2.45, 2.75) is 40.3 Å². The molecule has 0 atom stereocenters. The number of nitrogens with zero attached hydrogens (tertiary/aromatic N) is 5. The number of carbonyl (C=O) groups excluding carboxylic acids is 1. The Kier molecular flexibility index (Phi) is 6.42. The molecule has 2 heterocycles. The Morgan fingerprint density at radius 1 is 1.13 bits per heavy atom. The van der Waals surface area contributed by atoms with Crippen LogP contribution >= 0.6 is 23.2 Å². The molecule has 0 bridgehead atoms. The Hall–Kier alpha value is -2.91. The Labute approximate surface area is 182 Å². The van der Waals surface area contributed by atoms with Crippen molar-refractivity contribution in [2.24, 2.45) is 0 Å². The van der Waals surface area contributed by atoms with Gasteiger partial charge >= 0.3 is 5.69 Å². The molecule has 0 spiro atoms. The maximum absolute atomic E-state index is 12.3. The third-order valence-corrected chi connectivity index (χ3v) is 5.38. The highest BCUT2D eigenvalue weighted by molar-refractivity contribution is 6.42.